The van der Waals surface area contributed by atoms with E-state index in [-0.39, 0.29) is 11.2 Å². The number of benzene rings is 1. The zero-order valence-electron chi connectivity index (χ0n) is 16.2. The van der Waals surface area contributed by atoms with E-state index in [1.54, 1.807) is 7.05 Å². The molecular weight excluding hydrogens is 346 g/mol. The number of imidazole rings is 1. The van der Waals surface area contributed by atoms with Crippen molar-refractivity contribution in [2.75, 3.05) is 18.5 Å². The fourth-order valence-corrected chi connectivity index (χ4v) is 3.02. The van der Waals surface area contributed by atoms with E-state index >= 15 is 0 Å². The van der Waals surface area contributed by atoms with Crippen molar-refractivity contribution >= 4 is 16.9 Å². The second-order valence-electron chi connectivity index (χ2n) is 6.47. The van der Waals surface area contributed by atoms with E-state index in [4.69, 9.17) is 4.74 Å². The molecule has 144 valence electrons. The number of anilines is 1. The highest BCUT2D eigenvalue weighted by Gasteiger charge is 2.18. The third-order valence-corrected chi connectivity index (χ3v) is 4.59. The van der Waals surface area contributed by atoms with Crippen molar-refractivity contribution in [2.24, 2.45) is 14.1 Å². The van der Waals surface area contributed by atoms with Gasteiger partial charge in [0.05, 0.1) is 13.2 Å². The fraction of sp³-hybridized carbons (Fsp3) is 0.421. The maximum Gasteiger partial charge on any atom is 0.332 e. The van der Waals surface area contributed by atoms with Crippen LogP contribution < -0.4 is 16.6 Å². The highest BCUT2D eigenvalue weighted by atomic mass is 16.5. The van der Waals surface area contributed by atoms with Gasteiger partial charge in [0.1, 0.15) is 5.82 Å². The molecule has 0 fully saturated rings. The lowest BCUT2D eigenvalue weighted by Gasteiger charge is -2.11. The Kier molecular flexibility index (Phi) is 5.46. The lowest BCUT2D eigenvalue weighted by molar-refractivity contribution is 0.139. The normalized spacial score (nSPS) is 11.3. The van der Waals surface area contributed by atoms with E-state index in [0.717, 1.165) is 10.3 Å². The van der Waals surface area contributed by atoms with E-state index in [2.05, 4.69) is 10.3 Å². The topological polar surface area (TPSA) is 83.1 Å². The van der Waals surface area contributed by atoms with Crippen LogP contribution in [0.3, 0.4) is 0 Å². The summed E-state index contributed by atoms with van der Waals surface area (Å²) < 4.78 is 9.82. The first-order chi connectivity index (χ1) is 12.9. The zero-order valence-corrected chi connectivity index (χ0v) is 16.2. The van der Waals surface area contributed by atoms with Crippen LogP contribution in [0.25, 0.3) is 11.2 Å². The van der Waals surface area contributed by atoms with Crippen molar-refractivity contribution in [3.05, 3.63) is 56.5 Å². The number of nitrogens with zero attached hydrogens (tertiary/aromatic N) is 4. The molecule has 1 N–H and O–H groups in total. The van der Waals surface area contributed by atoms with Crippen LogP contribution in [0.4, 0.5) is 5.69 Å². The van der Waals surface area contributed by atoms with Gasteiger partial charge in [-0.1, -0.05) is 17.7 Å². The summed E-state index contributed by atoms with van der Waals surface area (Å²) in [6.45, 7) is 5.94. The van der Waals surface area contributed by atoms with Gasteiger partial charge in [0.15, 0.2) is 11.2 Å². The number of rotatable bonds is 7. The second kappa shape index (κ2) is 7.79. The van der Waals surface area contributed by atoms with Crippen LogP contribution in [0.5, 0.6) is 0 Å². The van der Waals surface area contributed by atoms with Crippen LogP contribution in [0.15, 0.2) is 33.9 Å². The fourth-order valence-electron chi connectivity index (χ4n) is 3.02. The summed E-state index contributed by atoms with van der Waals surface area (Å²) in [5.74, 6) is 0.684. The molecule has 0 spiro atoms. The van der Waals surface area contributed by atoms with E-state index < -0.39 is 0 Å². The average Bonchev–Trinajstić information content (AvgIpc) is 3.03. The summed E-state index contributed by atoms with van der Waals surface area (Å²) in [7, 11) is 3.11. The molecule has 0 bridgehead atoms. The SMILES string of the molecule is CCOCCn1c(CNc2ccc(C)cc2)nc2c1c(=O)n(C)c(=O)n2C. The second-order valence-corrected chi connectivity index (χ2v) is 6.47. The summed E-state index contributed by atoms with van der Waals surface area (Å²) >= 11 is 0. The number of ether oxygens (including phenoxy) is 1. The first kappa shape index (κ1) is 18.9. The molecule has 0 atom stereocenters. The lowest BCUT2D eigenvalue weighted by atomic mass is 10.2. The lowest BCUT2D eigenvalue weighted by Crippen LogP contribution is -2.37. The number of aromatic nitrogens is 4. The van der Waals surface area contributed by atoms with Crippen LogP contribution >= 0.6 is 0 Å². The average molecular weight is 371 g/mol. The highest BCUT2D eigenvalue weighted by molar-refractivity contribution is 5.71. The Morgan fingerprint density at radius 3 is 2.48 bits per heavy atom. The molecule has 8 heteroatoms. The molecule has 3 rings (SSSR count). The van der Waals surface area contributed by atoms with Crippen molar-refractivity contribution in [2.45, 2.75) is 26.9 Å². The highest BCUT2D eigenvalue weighted by Crippen LogP contribution is 2.14. The Balaban J connectivity index is 2.04. The Labute approximate surface area is 157 Å². The van der Waals surface area contributed by atoms with Gasteiger partial charge >= 0.3 is 5.69 Å². The maximum absolute atomic E-state index is 12.7. The minimum Gasteiger partial charge on any atom is -0.380 e. The molecule has 0 saturated heterocycles. The molecule has 0 amide bonds. The van der Waals surface area contributed by atoms with Crippen molar-refractivity contribution in [1.29, 1.82) is 0 Å². The van der Waals surface area contributed by atoms with Gasteiger partial charge < -0.3 is 14.6 Å². The van der Waals surface area contributed by atoms with Gasteiger partial charge in [-0.2, -0.15) is 0 Å². The van der Waals surface area contributed by atoms with Gasteiger partial charge in [-0.15, -0.1) is 0 Å². The molecule has 0 saturated carbocycles. The molecule has 8 nitrogen and oxygen atoms in total. The maximum atomic E-state index is 12.7. The van der Waals surface area contributed by atoms with Crippen molar-refractivity contribution < 1.29 is 4.74 Å². The summed E-state index contributed by atoms with van der Waals surface area (Å²) in [5, 5.41) is 3.33. The number of hydrogen-bond donors (Lipinski definition) is 1. The Bertz CT molecular complexity index is 1060. The van der Waals surface area contributed by atoms with Gasteiger partial charge in [-0.25, -0.2) is 9.78 Å². The van der Waals surface area contributed by atoms with Gasteiger partial charge in [0.2, 0.25) is 0 Å². The smallest absolute Gasteiger partial charge is 0.332 e. The molecule has 2 heterocycles. The van der Waals surface area contributed by atoms with Crippen LogP contribution in [-0.4, -0.2) is 31.9 Å². The van der Waals surface area contributed by atoms with Crippen molar-refractivity contribution in [1.82, 2.24) is 18.7 Å². The molecule has 2 aromatic heterocycles. The van der Waals surface area contributed by atoms with Crippen LogP contribution in [-0.2, 0) is 31.9 Å². The third kappa shape index (κ3) is 3.66. The number of fused-ring (bicyclic) bond motifs is 1. The molecule has 0 aliphatic heterocycles. The quantitative estimate of drug-likeness (QED) is 0.635. The number of aryl methyl sites for hydroxylation is 2. The summed E-state index contributed by atoms with van der Waals surface area (Å²) in [6.07, 6.45) is 0. The minimum absolute atomic E-state index is 0.348. The van der Waals surface area contributed by atoms with E-state index in [9.17, 15) is 9.59 Å². The summed E-state index contributed by atoms with van der Waals surface area (Å²) in [6, 6.07) is 8.05. The first-order valence-electron chi connectivity index (χ1n) is 8.97. The largest absolute Gasteiger partial charge is 0.380 e. The van der Waals surface area contributed by atoms with Crippen molar-refractivity contribution in [3.63, 3.8) is 0 Å². The van der Waals surface area contributed by atoms with Crippen LogP contribution in [0.2, 0.25) is 0 Å². The number of hydrogen-bond acceptors (Lipinski definition) is 5. The Hall–Kier alpha value is -2.87. The van der Waals surface area contributed by atoms with Crippen molar-refractivity contribution in [3.8, 4) is 0 Å². The van der Waals surface area contributed by atoms with Crippen LogP contribution in [0, 0.1) is 6.92 Å². The Morgan fingerprint density at radius 1 is 1.11 bits per heavy atom. The predicted molar refractivity (Wildman–Crippen MR) is 105 cm³/mol. The number of nitrogens with one attached hydrogen (secondary N) is 1. The summed E-state index contributed by atoms with van der Waals surface area (Å²) in [5.41, 5.74) is 2.22. The molecule has 0 radical (unpaired) electrons. The molecule has 3 aromatic rings. The molecule has 0 aliphatic rings. The molecule has 0 aliphatic carbocycles. The van der Waals surface area contributed by atoms with Gasteiger partial charge in [-0.05, 0) is 26.0 Å². The van der Waals surface area contributed by atoms with Gasteiger partial charge in [-0.3, -0.25) is 13.9 Å². The third-order valence-electron chi connectivity index (χ3n) is 4.59. The standard InChI is InChI=1S/C19H25N5O3/c1-5-27-11-10-24-15(12-20-14-8-6-13(2)7-9-14)21-17-16(24)18(25)23(4)19(26)22(17)3/h6-9,20H,5,10-12H2,1-4H3. The molecule has 27 heavy (non-hydrogen) atoms. The molecule has 0 unspecified atom stereocenters. The predicted octanol–water partition coefficient (Wildman–Crippen LogP) is 1.39. The van der Waals surface area contributed by atoms with Crippen LogP contribution in [0.1, 0.15) is 18.3 Å². The molecule has 1 aromatic carbocycles. The van der Waals surface area contributed by atoms with E-state index in [1.165, 1.54) is 17.2 Å². The van der Waals surface area contributed by atoms with Gasteiger partial charge in [0.25, 0.3) is 5.56 Å². The van der Waals surface area contributed by atoms with Gasteiger partial charge in [0, 0.05) is 32.9 Å². The zero-order chi connectivity index (χ0) is 19.6. The Morgan fingerprint density at radius 2 is 1.81 bits per heavy atom. The summed E-state index contributed by atoms with van der Waals surface area (Å²) in [4.78, 5) is 29.5. The van der Waals surface area contributed by atoms with E-state index in [1.807, 2.05) is 42.7 Å². The molecular formula is C19H25N5O3. The minimum atomic E-state index is -0.389. The van der Waals surface area contributed by atoms with E-state index in [0.29, 0.717) is 43.3 Å². The monoisotopic (exact) mass is 371 g/mol. The first-order valence-corrected chi connectivity index (χ1v) is 8.97.